The van der Waals surface area contributed by atoms with Gasteiger partial charge in [-0.3, -0.25) is 4.79 Å². The Morgan fingerprint density at radius 2 is 2.03 bits per heavy atom. The average molecular weight is 522 g/mol. The van der Waals surface area contributed by atoms with Crippen molar-refractivity contribution in [3.05, 3.63) is 82.8 Å². The fourth-order valence-corrected chi connectivity index (χ4v) is 6.51. The fraction of sp³-hybridized carbons (Fsp3) is 0.296. The Bertz CT molecular complexity index is 1470. The first-order valence-corrected chi connectivity index (χ1v) is 12.9. The number of aromatic nitrogens is 3. The Balaban J connectivity index is 1.42. The summed E-state index contributed by atoms with van der Waals surface area (Å²) in [5, 5.41) is 6.27. The number of hydrogen-bond donors (Lipinski definition) is 0. The van der Waals surface area contributed by atoms with E-state index in [-0.39, 0.29) is 30.3 Å². The minimum absolute atomic E-state index is 0.0511. The molecule has 2 aliphatic heterocycles. The molecule has 37 heavy (non-hydrogen) atoms. The second kappa shape index (κ2) is 9.35. The van der Waals surface area contributed by atoms with E-state index >= 15 is 0 Å². The highest BCUT2D eigenvalue weighted by Gasteiger charge is 2.37. The van der Waals surface area contributed by atoms with E-state index in [1.807, 2.05) is 42.6 Å². The standard InChI is InChI=1S/C27H25F2N5O2S/c1-32(2)23-7-9-33(15-35)25(23)16-3-6-24-19(11-16)26-18(8-10-37-26)20(13-36-24)27-30-14-31-34(27)22-5-4-17(28)12-21(22)29/h3-6,8,10-12,14-15,20,23,25H,7,9,13H2,1-2H3/t20?,23-,25?/m0/s1. The lowest BCUT2D eigenvalue weighted by Crippen LogP contribution is -2.35. The number of likely N-dealkylation sites (tertiary alicyclic amines) is 1. The lowest BCUT2D eigenvalue weighted by atomic mass is 9.94. The van der Waals surface area contributed by atoms with Crippen molar-refractivity contribution in [3.63, 3.8) is 0 Å². The number of carbonyl (C=O) groups excluding carboxylic acids is 1. The number of halogens is 2. The number of thiophene rings is 1. The summed E-state index contributed by atoms with van der Waals surface area (Å²) in [6, 6.07) is 11.7. The Kier molecular flexibility index (Phi) is 6.00. The quantitative estimate of drug-likeness (QED) is 0.359. The molecule has 0 radical (unpaired) electrons. The van der Waals surface area contributed by atoms with Crippen LogP contribution in [0.5, 0.6) is 5.75 Å². The molecule has 0 aliphatic carbocycles. The van der Waals surface area contributed by atoms with Crippen LogP contribution in [-0.2, 0) is 4.79 Å². The molecule has 1 amide bonds. The van der Waals surface area contributed by atoms with E-state index in [2.05, 4.69) is 21.0 Å². The van der Waals surface area contributed by atoms with Gasteiger partial charge in [0.05, 0.1) is 12.0 Å². The zero-order valence-corrected chi connectivity index (χ0v) is 21.2. The molecule has 6 rings (SSSR count). The van der Waals surface area contributed by atoms with Gasteiger partial charge < -0.3 is 14.5 Å². The first-order chi connectivity index (χ1) is 18.0. The summed E-state index contributed by atoms with van der Waals surface area (Å²) in [5.41, 5.74) is 3.14. The van der Waals surface area contributed by atoms with Gasteiger partial charge in [0.25, 0.3) is 0 Å². The molecule has 0 N–H and O–H groups in total. The van der Waals surface area contributed by atoms with Crippen molar-refractivity contribution in [2.75, 3.05) is 27.2 Å². The summed E-state index contributed by atoms with van der Waals surface area (Å²) in [6.07, 6.45) is 3.21. The molecule has 1 saturated heterocycles. The summed E-state index contributed by atoms with van der Waals surface area (Å²) < 4.78 is 35.9. The minimum atomic E-state index is -0.716. The third-order valence-electron chi connectivity index (χ3n) is 7.29. The van der Waals surface area contributed by atoms with Gasteiger partial charge in [0.2, 0.25) is 6.41 Å². The monoisotopic (exact) mass is 521 g/mol. The van der Waals surface area contributed by atoms with Crippen molar-refractivity contribution in [3.8, 4) is 21.9 Å². The van der Waals surface area contributed by atoms with Crippen LogP contribution in [0.2, 0.25) is 0 Å². The van der Waals surface area contributed by atoms with Crippen molar-refractivity contribution >= 4 is 17.7 Å². The molecule has 10 heteroatoms. The van der Waals surface area contributed by atoms with E-state index in [1.54, 1.807) is 11.3 Å². The van der Waals surface area contributed by atoms with Crippen LogP contribution in [0.15, 0.2) is 54.2 Å². The van der Waals surface area contributed by atoms with E-state index in [9.17, 15) is 13.6 Å². The van der Waals surface area contributed by atoms with E-state index in [0.717, 1.165) is 46.2 Å². The maximum atomic E-state index is 14.6. The zero-order valence-electron chi connectivity index (χ0n) is 20.3. The van der Waals surface area contributed by atoms with Crippen LogP contribution in [0.1, 0.15) is 35.3 Å². The van der Waals surface area contributed by atoms with Crippen LogP contribution in [0.4, 0.5) is 8.78 Å². The van der Waals surface area contributed by atoms with E-state index in [0.29, 0.717) is 12.4 Å². The molecule has 2 aromatic carbocycles. The maximum absolute atomic E-state index is 14.6. The van der Waals surface area contributed by atoms with Crippen LogP contribution in [0.3, 0.4) is 0 Å². The molecule has 4 aromatic rings. The highest BCUT2D eigenvalue weighted by molar-refractivity contribution is 7.13. The number of ether oxygens (including phenoxy) is 1. The van der Waals surface area contributed by atoms with Crippen molar-refractivity contribution in [1.29, 1.82) is 0 Å². The fourth-order valence-electron chi connectivity index (χ4n) is 5.52. The molecule has 1 fully saturated rings. The summed E-state index contributed by atoms with van der Waals surface area (Å²) >= 11 is 1.60. The molecular weight excluding hydrogens is 496 g/mol. The van der Waals surface area contributed by atoms with Crippen molar-refractivity contribution in [1.82, 2.24) is 24.6 Å². The SMILES string of the molecule is CN(C)[C@H]1CCN(C=O)C1c1ccc2c(c1)-c1sccc1C(c1ncnn1-c1ccc(F)cc1F)CO2. The van der Waals surface area contributed by atoms with Crippen molar-refractivity contribution in [2.45, 2.75) is 24.4 Å². The molecule has 0 saturated carbocycles. The molecule has 0 spiro atoms. The van der Waals surface area contributed by atoms with Gasteiger partial charge in [-0.1, -0.05) is 6.07 Å². The summed E-state index contributed by atoms with van der Waals surface area (Å²) in [5.74, 6) is -0.443. The number of carbonyl (C=O) groups is 1. The second-order valence-electron chi connectivity index (χ2n) is 9.56. The lowest BCUT2D eigenvalue weighted by Gasteiger charge is -2.30. The molecule has 4 heterocycles. The van der Waals surface area contributed by atoms with Crippen LogP contribution >= 0.6 is 11.3 Å². The Morgan fingerprint density at radius 1 is 1.16 bits per heavy atom. The number of benzene rings is 2. The Morgan fingerprint density at radius 3 is 2.81 bits per heavy atom. The van der Waals surface area contributed by atoms with Gasteiger partial charge in [-0.05, 0) is 67.4 Å². The smallest absolute Gasteiger partial charge is 0.210 e. The predicted molar refractivity (Wildman–Crippen MR) is 136 cm³/mol. The third kappa shape index (κ3) is 4.00. The summed E-state index contributed by atoms with van der Waals surface area (Å²) in [6.45, 7) is 0.994. The third-order valence-corrected chi connectivity index (χ3v) is 8.26. The number of amides is 1. The normalized spacial score (nSPS) is 20.9. The van der Waals surface area contributed by atoms with Gasteiger partial charge in [0.1, 0.15) is 36.0 Å². The molecule has 7 nitrogen and oxygen atoms in total. The topological polar surface area (TPSA) is 63.5 Å². The van der Waals surface area contributed by atoms with Gasteiger partial charge >= 0.3 is 0 Å². The Labute approximate surface area is 216 Å². The summed E-state index contributed by atoms with van der Waals surface area (Å²) in [7, 11) is 4.08. The van der Waals surface area contributed by atoms with E-state index < -0.39 is 11.6 Å². The first kappa shape index (κ1) is 23.7. The number of rotatable bonds is 5. The number of fused-ring (bicyclic) bond motifs is 3. The van der Waals surface area contributed by atoms with E-state index in [4.69, 9.17) is 4.74 Å². The molecule has 190 valence electrons. The first-order valence-electron chi connectivity index (χ1n) is 12.0. The maximum Gasteiger partial charge on any atom is 0.210 e. The highest BCUT2D eigenvalue weighted by Crippen LogP contribution is 2.46. The molecule has 2 aliphatic rings. The van der Waals surface area contributed by atoms with Gasteiger partial charge in [-0.2, -0.15) is 5.10 Å². The van der Waals surface area contributed by atoms with Crippen molar-refractivity contribution in [2.24, 2.45) is 0 Å². The predicted octanol–water partition coefficient (Wildman–Crippen LogP) is 4.63. The van der Waals surface area contributed by atoms with Crippen LogP contribution in [0.25, 0.3) is 16.1 Å². The number of likely N-dealkylation sites (N-methyl/N-ethyl adjacent to an activating group) is 1. The molecule has 3 atom stereocenters. The largest absolute Gasteiger partial charge is 0.492 e. The van der Waals surface area contributed by atoms with E-state index in [1.165, 1.54) is 23.1 Å². The van der Waals surface area contributed by atoms with Gasteiger partial charge in [0.15, 0.2) is 5.82 Å². The number of hydrogen-bond acceptors (Lipinski definition) is 6. The van der Waals surface area contributed by atoms with Gasteiger partial charge in [-0.25, -0.2) is 18.4 Å². The molecular formula is C27H25F2N5O2S. The second-order valence-corrected chi connectivity index (χ2v) is 10.5. The average Bonchev–Trinajstić information content (AvgIpc) is 3.63. The van der Waals surface area contributed by atoms with Gasteiger partial charge in [-0.15, -0.1) is 11.3 Å². The number of nitrogens with zero attached hydrogens (tertiary/aromatic N) is 5. The van der Waals surface area contributed by atoms with Crippen LogP contribution < -0.4 is 4.74 Å². The molecule has 2 aromatic heterocycles. The minimum Gasteiger partial charge on any atom is -0.492 e. The zero-order chi connectivity index (χ0) is 25.7. The van der Waals surface area contributed by atoms with Crippen LogP contribution in [-0.4, -0.2) is 64.3 Å². The molecule has 0 bridgehead atoms. The lowest BCUT2D eigenvalue weighted by molar-refractivity contribution is -0.119. The summed E-state index contributed by atoms with van der Waals surface area (Å²) in [4.78, 5) is 21.4. The molecule has 2 unspecified atom stereocenters. The highest BCUT2D eigenvalue weighted by atomic mass is 32.1. The Hall–Kier alpha value is -3.63. The van der Waals surface area contributed by atoms with Crippen molar-refractivity contribution < 1.29 is 18.3 Å². The van der Waals surface area contributed by atoms with Gasteiger partial charge in [0, 0.05) is 29.1 Å². The van der Waals surface area contributed by atoms with Crippen LogP contribution in [0, 0.1) is 11.6 Å².